The highest BCUT2D eigenvalue weighted by molar-refractivity contribution is 9.10. The van der Waals surface area contributed by atoms with Gasteiger partial charge in [-0.1, -0.05) is 34.1 Å². The van der Waals surface area contributed by atoms with Crippen LogP contribution in [0.2, 0.25) is 0 Å². The lowest BCUT2D eigenvalue weighted by Gasteiger charge is -2.09. The minimum atomic E-state index is -0.147. The molecular formula is C19H16BrN3O. The fraction of sp³-hybridized carbons (Fsp3) is 0.105. The predicted octanol–water partition coefficient (Wildman–Crippen LogP) is 4.14. The number of nitrogens with zero attached hydrogens (tertiary/aromatic N) is 2. The Labute approximate surface area is 149 Å². The van der Waals surface area contributed by atoms with Crippen molar-refractivity contribution in [2.45, 2.75) is 13.5 Å². The second-order valence-electron chi connectivity index (χ2n) is 5.34. The third-order valence-corrected chi connectivity index (χ3v) is 4.10. The van der Waals surface area contributed by atoms with Crippen molar-refractivity contribution < 1.29 is 4.79 Å². The second-order valence-corrected chi connectivity index (χ2v) is 6.26. The van der Waals surface area contributed by atoms with E-state index in [0.717, 1.165) is 21.4 Å². The van der Waals surface area contributed by atoms with Crippen LogP contribution in [-0.4, -0.2) is 15.9 Å². The van der Waals surface area contributed by atoms with Crippen LogP contribution in [0, 0.1) is 6.92 Å². The Morgan fingerprint density at radius 2 is 2.00 bits per heavy atom. The molecule has 2 aromatic heterocycles. The summed E-state index contributed by atoms with van der Waals surface area (Å²) in [4.78, 5) is 21.1. The molecule has 1 amide bonds. The first-order chi connectivity index (χ1) is 11.6. The summed E-state index contributed by atoms with van der Waals surface area (Å²) in [5.74, 6) is -0.147. The molecule has 0 radical (unpaired) electrons. The monoisotopic (exact) mass is 381 g/mol. The molecule has 24 heavy (non-hydrogen) atoms. The van der Waals surface area contributed by atoms with E-state index in [2.05, 4.69) is 31.2 Å². The molecule has 0 aliphatic rings. The van der Waals surface area contributed by atoms with Crippen LogP contribution in [-0.2, 0) is 6.54 Å². The van der Waals surface area contributed by atoms with Gasteiger partial charge >= 0.3 is 0 Å². The zero-order chi connectivity index (χ0) is 16.9. The molecule has 0 spiro atoms. The number of carbonyl (C=O) groups excluding carboxylic acids is 1. The number of amides is 1. The van der Waals surface area contributed by atoms with Crippen LogP contribution in [0.15, 0.2) is 65.3 Å². The third-order valence-electron chi connectivity index (χ3n) is 3.61. The summed E-state index contributed by atoms with van der Waals surface area (Å²) >= 11 is 3.46. The van der Waals surface area contributed by atoms with Crippen LogP contribution in [0.1, 0.15) is 21.7 Å². The summed E-state index contributed by atoms with van der Waals surface area (Å²) in [6.45, 7) is 2.24. The highest BCUT2D eigenvalue weighted by Gasteiger charge is 2.11. The van der Waals surface area contributed by atoms with Gasteiger partial charge in [-0.15, -0.1) is 0 Å². The Hall–Kier alpha value is -2.53. The lowest BCUT2D eigenvalue weighted by Crippen LogP contribution is -2.24. The summed E-state index contributed by atoms with van der Waals surface area (Å²) in [6, 6.07) is 17.2. The number of halogens is 1. The van der Waals surface area contributed by atoms with Gasteiger partial charge in [0.05, 0.1) is 29.2 Å². The number of carbonyl (C=O) groups is 1. The van der Waals surface area contributed by atoms with Gasteiger partial charge in [-0.3, -0.25) is 14.8 Å². The van der Waals surface area contributed by atoms with Crippen LogP contribution in [0.25, 0.3) is 11.3 Å². The molecule has 0 fully saturated rings. The van der Waals surface area contributed by atoms with Gasteiger partial charge in [-0.2, -0.15) is 0 Å². The van der Waals surface area contributed by atoms with E-state index in [4.69, 9.17) is 0 Å². The van der Waals surface area contributed by atoms with Gasteiger partial charge in [0, 0.05) is 16.2 Å². The van der Waals surface area contributed by atoms with Crippen molar-refractivity contribution in [1.29, 1.82) is 0 Å². The normalized spacial score (nSPS) is 10.4. The standard InChI is InChI=1S/C19H16BrN3O/c1-13-17(19(24)22-12-16-7-2-3-10-21-16)8-9-18(23-13)14-5-4-6-15(20)11-14/h2-11H,12H2,1H3,(H,22,24). The molecule has 0 aliphatic heterocycles. The molecule has 120 valence electrons. The quantitative estimate of drug-likeness (QED) is 0.738. The van der Waals surface area contributed by atoms with Gasteiger partial charge in [0.25, 0.3) is 5.91 Å². The van der Waals surface area contributed by atoms with Gasteiger partial charge < -0.3 is 5.32 Å². The molecule has 0 unspecified atom stereocenters. The van der Waals surface area contributed by atoms with E-state index < -0.39 is 0 Å². The zero-order valence-corrected chi connectivity index (χ0v) is 14.7. The number of hydrogen-bond acceptors (Lipinski definition) is 3. The summed E-state index contributed by atoms with van der Waals surface area (Å²) in [7, 11) is 0. The highest BCUT2D eigenvalue weighted by atomic mass is 79.9. The maximum Gasteiger partial charge on any atom is 0.253 e. The molecule has 0 bridgehead atoms. The van der Waals surface area contributed by atoms with E-state index in [9.17, 15) is 4.79 Å². The van der Waals surface area contributed by atoms with E-state index in [0.29, 0.717) is 17.8 Å². The summed E-state index contributed by atoms with van der Waals surface area (Å²) in [5, 5.41) is 2.88. The second kappa shape index (κ2) is 7.36. The van der Waals surface area contributed by atoms with Crippen LogP contribution < -0.4 is 5.32 Å². The number of benzene rings is 1. The molecule has 4 nitrogen and oxygen atoms in total. The molecule has 0 saturated carbocycles. The summed E-state index contributed by atoms with van der Waals surface area (Å²) in [6.07, 6.45) is 1.71. The van der Waals surface area contributed by atoms with E-state index in [1.165, 1.54) is 0 Å². The molecule has 0 saturated heterocycles. The topological polar surface area (TPSA) is 54.9 Å². The first-order valence-corrected chi connectivity index (χ1v) is 8.34. The third kappa shape index (κ3) is 3.86. The lowest BCUT2D eigenvalue weighted by molar-refractivity contribution is 0.0949. The molecule has 1 aromatic carbocycles. The van der Waals surface area contributed by atoms with Crippen LogP contribution in [0.3, 0.4) is 0 Å². The highest BCUT2D eigenvalue weighted by Crippen LogP contribution is 2.22. The van der Waals surface area contributed by atoms with Crippen molar-refractivity contribution in [2.75, 3.05) is 0 Å². The Balaban J connectivity index is 1.76. The fourth-order valence-corrected chi connectivity index (χ4v) is 2.78. The summed E-state index contributed by atoms with van der Waals surface area (Å²) in [5.41, 5.74) is 3.95. The van der Waals surface area contributed by atoms with Crippen LogP contribution in [0.4, 0.5) is 0 Å². The van der Waals surface area contributed by atoms with Crippen molar-refractivity contribution >= 4 is 21.8 Å². The van der Waals surface area contributed by atoms with Crippen LogP contribution >= 0.6 is 15.9 Å². The van der Waals surface area contributed by atoms with E-state index >= 15 is 0 Å². The van der Waals surface area contributed by atoms with Gasteiger partial charge in [0.15, 0.2) is 0 Å². The average molecular weight is 382 g/mol. The minimum Gasteiger partial charge on any atom is -0.346 e. The number of aromatic nitrogens is 2. The van der Waals surface area contributed by atoms with E-state index in [1.54, 1.807) is 6.20 Å². The minimum absolute atomic E-state index is 0.147. The molecule has 3 aromatic rings. The molecular weight excluding hydrogens is 366 g/mol. The van der Waals surface area contributed by atoms with E-state index in [1.807, 2.05) is 61.5 Å². The van der Waals surface area contributed by atoms with Crippen LogP contribution in [0.5, 0.6) is 0 Å². The zero-order valence-electron chi connectivity index (χ0n) is 13.2. The maximum absolute atomic E-state index is 12.4. The number of rotatable bonds is 4. The molecule has 2 heterocycles. The van der Waals surface area contributed by atoms with Crippen molar-refractivity contribution in [1.82, 2.24) is 15.3 Å². The predicted molar refractivity (Wildman–Crippen MR) is 97.5 cm³/mol. The number of hydrogen-bond donors (Lipinski definition) is 1. The number of nitrogens with one attached hydrogen (secondary N) is 1. The Kier molecular flexibility index (Phi) is 5.01. The molecule has 1 N–H and O–H groups in total. The van der Waals surface area contributed by atoms with Gasteiger partial charge in [-0.05, 0) is 43.3 Å². The van der Waals surface area contributed by atoms with Crippen molar-refractivity contribution in [3.8, 4) is 11.3 Å². The first-order valence-electron chi connectivity index (χ1n) is 7.55. The maximum atomic E-state index is 12.4. The molecule has 5 heteroatoms. The molecule has 3 rings (SSSR count). The van der Waals surface area contributed by atoms with Crippen molar-refractivity contribution in [3.05, 3.63) is 82.2 Å². The number of aryl methyl sites for hydroxylation is 1. The fourth-order valence-electron chi connectivity index (χ4n) is 2.38. The van der Waals surface area contributed by atoms with Gasteiger partial charge in [-0.25, -0.2) is 0 Å². The Bertz CT molecular complexity index is 865. The summed E-state index contributed by atoms with van der Waals surface area (Å²) < 4.78 is 0.997. The van der Waals surface area contributed by atoms with Gasteiger partial charge in [0.2, 0.25) is 0 Å². The first kappa shape index (κ1) is 16.3. The smallest absolute Gasteiger partial charge is 0.253 e. The molecule has 0 aliphatic carbocycles. The van der Waals surface area contributed by atoms with Crippen molar-refractivity contribution in [2.24, 2.45) is 0 Å². The largest absolute Gasteiger partial charge is 0.346 e. The Morgan fingerprint density at radius 1 is 1.12 bits per heavy atom. The average Bonchev–Trinajstić information content (AvgIpc) is 2.60. The van der Waals surface area contributed by atoms with E-state index in [-0.39, 0.29) is 5.91 Å². The number of pyridine rings is 2. The Morgan fingerprint density at radius 3 is 2.71 bits per heavy atom. The van der Waals surface area contributed by atoms with Gasteiger partial charge in [0.1, 0.15) is 0 Å². The molecule has 0 atom stereocenters. The van der Waals surface area contributed by atoms with Crippen molar-refractivity contribution in [3.63, 3.8) is 0 Å². The lowest BCUT2D eigenvalue weighted by atomic mass is 10.1. The SMILES string of the molecule is Cc1nc(-c2cccc(Br)c2)ccc1C(=O)NCc1ccccn1.